The fourth-order valence-electron chi connectivity index (χ4n) is 4.15. The Morgan fingerprint density at radius 3 is 1.54 bits per heavy atom. The maximum absolute atomic E-state index is 10.2. The van der Waals surface area contributed by atoms with E-state index in [4.69, 9.17) is 15.0 Å². The average molecular weight is 453 g/mol. The molecule has 0 aliphatic carbocycles. The number of rotatable bonds is 4. The Hall–Kier alpha value is -4.90. The molecule has 0 saturated heterocycles. The first-order valence-electron chi connectivity index (χ1n) is 11.3. The second kappa shape index (κ2) is 8.80. The lowest BCUT2D eigenvalue weighted by Gasteiger charge is -2.10. The van der Waals surface area contributed by atoms with Gasteiger partial charge in [0.25, 0.3) is 0 Å². The first-order chi connectivity index (χ1) is 17.3. The van der Waals surface area contributed by atoms with E-state index in [0.29, 0.717) is 23.0 Å². The molecule has 5 heteroatoms. The molecule has 35 heavy (non-hydrogen) atoms. The van der Waals surface area contributed by atoms with Gasteiger partial charge in [-0.15, -0.1) is 0 Å². The van der Waals surface area contributed by atoms with Crippen LogP contribution in [0.4, 0.5) is 0 Å². The number of hydrogen-bond donors (Lipinski definition) is 1. The minimum atomic E-state index is 0.174. The zero-order chi connectivity index (χ0) is 23.6. The number of benzene rings is 4. The molecule has 0 bridgehead atoms. The fraction of sp³-hybridized carbons (Fsp3) is 0. The first-order valence-corrected chi connectivity index (χ1v) is 11.3. The largest absolute Gasteiger partial charge is 0.506 e. The molecule has 0 unspecified atom stereocenters. The van der Waals surface area contributed by atoms with Crippen LogP contribution < -0.4 is 0 Å². The molecular weight excluding hydrogens is 432 g/mol. The lowest BCUT2D eigenvalue weighted by Crippen LogP contribution is -2.00. The van der Waals surface area contributed by atoms with Crippen LogP contribution in [0.25, 0.3) is 56.2 Å². The molecule has 5 nitrogen and oxygen atoms in total. The highest BCUT2D eigenvalue weighted by molar-refractivity contribution is 5.97. The predicted molar refractivity (Wildman–Crippen MR) is 139 cm³/mol. The van der Waals surface area contributed by atoms with Gasteiger partial charge in [-0.2, -0.15) is 0 Å². The third-order valence-electron chi connectivity index (χ3n) is 5.90. The van der Waals surface area contributed by atoms with E-state index in [1.54, 1.807) is 12.3 Å². The van der Waals surface area contributed by atoms with Gasteiger partial charge in [-0.05, 0) is 29.3 Å². The Morgan fingerprint density at radius 1 is 0.457 bits per heavy atom. The Labute approximate surface area is 202 Å². The second-order valence-corrected chi connectivity index (χ2v) is 8.15. The Morgan fingerprint density at radius 2 is 0.971 bits per heavy atom. The van der Waals surface area contributed by atoms with E-state index in [9.17, 15) is 5.11 Å². The number of pyridine rings is 1. The van der Waals surface area contributed by atoms with Crippen LogP contribution in [0.3, 0.4) is 0 Å². The summed E-state index contributed by atoms with van der Waals surface area (Å²) in [6, 6.07) is 35.4. The molecule has 0 atom stereocenters. The molecule has 0 fully saturated rings. The van der Waals surface area contributed by atoms with E-state index >= 15 is 0 Å². The quantitative estimate of drug-likeness (QED) is 0.319. The van der Waals surface area contributed by atoms with Gasteiger partial charge in [0.05, 0.1) is 0 Å². The van der Waals surface area contributed by atoms with Crippen molar-refractivity contribution in [1.29, 1.82) is 0 Å². The molecule has 2 aromatic heterocycles. The maximum atomic E-state index is 10.2. The molecule has 0 radical (unpaired) electrons. The highest BCUT2D eigenvalue weighted by Crippen LogP contribution is 2.33. The maximum Gasteiger partial charge on any atom is 0.164 e. The van der Waals surface area contributed by atoms with Gasteiger partial charge in [0.15, 0.2) is 17.5 Å². The predicted octanol–water partition coefficient (Wildman–Crippen LogP) is 6.79. The molecule has 6 aromatic rings. The standard InChI is InChI=1S/C30H20N4O/c35-26-18-17-24(25-12-7-19-31-27(25)26)20-13-15-23(16-14-20)30-33-28(21-8-3-1-4-9-21)32-29(34-30)22-10-5-2-6-11-22/h1-19,35H. The van der Waals surface area contributed by atoms with Crippen molar-refractivity contribution in [3.05, 3.63) is 115 Å². The summed E-state index contributed by atoms with van der Waals surface area (Å²) in [6.07, 6.45) is 1.68. The summed E-state index contributed by atoms with van der Waals surface area (Å²) in [7, 11) is 0. The van der Waals surface area contributed by atoms with E-state index in [1.165, 1.54) is 0 Å². The molecular formula is C30H20N4O. The SMILES string of the molecule is Oc1ccc(-c2ccc(-c3nc(-c4ccccc4)nc(-c4ccccc4)n3)cc2)c2cccnc12. The number of hydrogen-bond acceptors (Lipinski definition) is 5. The minimum Gasteiger partial charge on any atom is -0.506 e. The van der Waals surface area contributed by atoms with Crippen molar-refractivity contribution in [3.63, 3.8) is 0 Å². The molecule has 6 rings (SSSR count). The third kappa shape index (κ3) is 4.00. The van der Waals surface area contributed by atoms with Crippen molar-refractivity contribution in [2.45, 2.75) is 0 Å². The number of aromatic hydroxyl groups is 1. The van der Waals surface area contributed by atoms with Crippen LogP contribution >= 0.6 is 0 Å². The zero-order valence-electron chi connectivity index (χ0n) is 18.7. The van der Waals surface area contributed by atoms with Crippen molar-refractivity contribution in [2.24, 2.45) is 0 Å². The number of phenolic OH excluding ortho intramolecular Hbond substituents is 1. The van der Waals surface area contributed by atoms with E-state index in [-0.39, 0.29) is 5.75 Å². The minimum absolute atomic E-state index is 0.174. The van der Waals surface area contributed by atoms with Crippen LogP contribution in [0.2, 0.25) is 0 Å². The van der Waals surface area contributed by atoms with Gasteiger partial charge >= 0.3 is 0 Å². The van der Waals surface area contributed by atoms with Crippen molar-refractivity contribution in [3.8, 4) is 51.0 Å². The normalized spacial score (nSPS) is 11.0. The van der Waals surface area contributed by atoms with Crippen LogP contribution in [0.1, 0.15) is 0 Å². The number of aromatic nitrogens is 4. The molecule has 1 N–H and O–H groups in total. The number of phenols is 1. The monoisotopic (exact) mass is 452 g/mol. The topological polar surface area (TPSA) is 71.8 Å². The van der Waals surface area contributed by atoms with E-state index in [2.05, 4.69) is 4.98 Å². The lowest BCUT2D eigenvalue weighted by molar-refractivity contribution is 0.480. The Balaban J connectivity index is 1.45. The molecule has 0 spiro atoms. The van der Waals surface area contributed by atoms with Crippen LogP contribution in [0.15, 0.2) is 115 Å². The van der Waals surface area contributed by atoms with Crippen LogP contribution in [-0.2, 0) is 0 Å². The van der Waals surface area contributed by atoms with Gasteiger partial charge in [0, 0.05) is 28.3 Å². The Bertz CT molecular complexity index is 1580. The molecule has 0 saturated carbocycles. The van der Waals surface area contributed by atoms with Gasteiger partial charge in [-0.1, -0.05) is 91.0 Å². The highest BCUT2D eigenvalue weighted by atomic mass is 16.3. The van der Waals surface area contributed by atoms with Crippen molar-refractivity contribution in [2.75, 3.05) is 0 Å². The van der Waals surface area contributed by atoms with Gasteiger partial charge < -0.3 is 5.11 Å². The molecule has 0 aliphatic rings. The summed E-state index contributed by atoms with van der Waals surface area (Å²) in [5, 5.41) is 11.1. The number of nitrogens with zero attached hydrogens (tertiary/aromatic N) is 4. The van der Waals surface area contributed by atoms with Crippen molar-refractivity contribution in [1.82, 2.24) is 19.9 Å². The van der Waals surface area contributed by atoms with E-state index < -0.39 is 0 Å². The van der Waals surface area contributed by atoms with Crippen molar-refractivity contribution < 1.29 is 5.11 Å². The third-order valence-corrected chi connectivity index (χ3v) is 5.90. The zero-order valence-corrected chi connectivity index (χ0v) is 18.7. The van der Waals surface area contributed by atoms with Gasteiger partial charge in [0.1, 0.15) is 11.3 Å². The summed E-state index contributed by atoms with van der Waals surface area (Å²) in [4.78, 5) is 18.7. The van der Waals surface area contributed by atoms with Crippen LogP contribution in [0.5, 0.6) is 5.75 Å². The highest BCUT2D eigenvalue weighted by Gasteiger charge is 2.13. The molecule has 4 aromatic carbocycles. The fourth-order valence-corrected chi connectivity index (χ4v) is 4.15. The molecule has 0 aliphatic heterocycles. The summed E-state index contributed by atoms with van der Waals surface area (Å²) in [5.41, 5.74) is 5.38. The molecule has 166 valence electrons. The smallest absolute Gasteiger partial charge is 0.164 e. The molecule has 2 heterocycles. The molecule has 0 amide bonds. The van der Waals surface area contributed by atoms with E-state index in [0.717, 1.165) is 33.2 Å². The summed E-state index contributed by atoms with van der Waals surface area (Å²) >= 11 is 0. The average Bonchev–Trinajstić information content (AvgIpc) is 2.94. The van der Waals surface area contributed by atoms with Crippen molar-refractivity contribution >= 4 is 10.9 Å². The summed E-state index contributed by atoms with van der Waals surface area (Å²) in [6.45, 7) is 0. The summed E-state index contributed by atoms with van der Waals surface area (Å²) in [5.74, 6) is 2.05. The van der Waals surface area contributed by atoms with Gasteiger partial charge in [-0.25, -0.2) is 15.0 Å². The van der Waals surface area contributed by atoms with E-state index in [1.807, 2.05) is 103 Å². The Kier molecular flexibility index (Phi) is 5.20. The first kappa shape index (κ1) is 20.7. The van der Waals surface area contributed by atoms with Gasteiger partial charge in [-0.3, -0.25) is 4.98 Å². The lowest BCUT2D eigenvalue weighted by atomic mass is 9.99. The van der Waals surface area contributed by atoms with Crippen LogP contribution in [0, 0.1) is 0 Å². The van der Waals surface area contributed by atoms with Crippen LogP contribution in [-0.4, -0.2) is 25.0 Å². The number of fused-ring (bicyclic) bond motifs is 1. The second-order valence-electron chi connectivity index (χ2n) is 8.15. The summed E-state index contributed by atoms with van der Waals surface area (Å²) < 4.78 is 0. The van der Waals surface area contributed by atoms with Gasteiger partial charge in [0.2, 0.25) is 0 Å².